The quantitative estimate of drug-likeness (QED) is 0.850. The fourth-order valence-electron chi connectivity index (χ4n) is 1.16. The van der Waals surface area contributed by atoms with Gasteiger partial charge >= 0.3 is 0 Å². The van der Waals surface area contributed by atoms with Crippen LogP contribution in [0.15, 0.2) is 22.7 Å². The molecule has 0 bridgehead atoms. The van der Waals surface area contributed by atoms with Crippen LogP contribution in [-0.4, -0.2) is 6.54 Å². The lowest BCUT2D eigenvalue weighted by Gasteiger charge is -2.09. The standard InChI is InChI=1S/C11H15BrClN/c1-8(2)3-4-14-11-6-9(12)5-10(13)7-11/h5-8,14H,3-4H2,1-2H3. The summed E-state index contributed by atoms with van der Waals surface area (Å²) in [5.74, 6) is 0.727. The molecule has 0 saturated carbocycles. The topological polar surface area (TPSA) is 12.0 Å². The molecule has 0 saturated heterocycles. The van der Waals surface area contributed by atoms with E-state index >= 15 is 0 Å². The van der Waals surface area contributed by atoms with Crippen molar-refractivity contribution in [2.24, 2.45) is 5.92 Å². The Hall–Kier alpha value is -0.210. The molecule has 0 unspecified atom stereocenters. The first kappa shape index (κ1) is 11.9. The van der Waals surface area contributed by atoms with Gasteiger partial charge in [-0.3, -0.25) is 0 Å². The molecule has 0 amide bonds. The molecule has 1 N–H and O–H groups in total. The van der Waals surface area contributed by atoms with Gasteiger partial charge < -0.3 is 5.32 Å². The maximum atomic E-state index is 5.92. The Labute approximate surface area is 99.0 Å². The molecule has 78 valence electrons. The van der Waals surface area contributed by atoms with Crippen molar-refractivity contribution >= 4 is 33.2 Å². The summed E-state index contributed by atoms with van der Waals surface area (Å²) in [5.41, 5.74) is 1.07. The van der Waals surface area contributed by atoms with E-state index in [0.29, 0.717) is 0 Å². The van der Waals surface area contributed by atoms with Crippen LogP contribution >= 0.6 is 27.5 Å². The average molecular weight is 277 g/mol. The maximum absolute atomic E-state index is 5.92. The molecule has 1 aromatic carbocycles. The fraction of sp³-hybridized carbons (Fsp3) is 0.455. The van der Waals surface area contributed by atoms with E-state index < -0.39 is 0 Å². The molecule has 0 aliphatic rings. The Bertz CT molecular complexity index is 279. The Morgan fingerprint density at radius 1 is 1.36 bits per heavy atom. The van der Waals surface area contributed by atoms with Crippen LogP contribution in [0.3, 0.4) is 0 Å². The third-order valence-electron chi connectivity index (χ3n) is 1.91. The van der Waals surface area contributed by atoms with E-state index in [1.165, 1.54) is 6.42 Å². The van der Waals surface area contributed by atoms with Crippen LogP contribution in [0.25, 0.3) is 0 Å². The van der Waals surface area contributed by atoms with Crippen LogP contribution in [0.4, 0.5) is 5.69 Å². The van der Waals surface area contributed by atoms with Gasteiger partial charge in [-0.2, -0.15) is 0 Å². The fourth-order valence-corrected chi connectivity index (χ4v) is 2.02. The zero-order chi connectivity index (χ0) is 10.6. The predicted molar refractivity (Wildman–Crippen MR) is 67.1 cm³/mol. The Morgan fingerprint density at radius 2 is 2.07 bits per heavy atom. The minimum absolute atomic E-state index is 0.727. The molecule has 0 aromatic heterocycles. The molecule has 0 aliphatic carbocycles. The van der Waals surface area contributed by atoms with Crippen LogP contribution < -0.4 is 5.32 Å². The molecule has 14 heavy (non-hydrogen) atoms. The second-order valence-electron chi connectivity index (χ2n) is 3.77. The van der Waals surface area contributed by atoms with Gasteiger partial charge in [0.2, 0.25) is 0 Å². The molecule has 0 radical (unpaired) electrons. The van der Waals surface area contributed by atoms with Crippen LogP contribution in [0.1, 0.15) is 20.3 Å². The summed E-state index contributed by atoms with van der Waals surface area (Å²) in [6.45, 7) is 5.43. The van der Waals surface area contributed by atoms with Gasteiger partial charge in [0.25, 0.3) is 0 Å². The summed E-state index contributed by atoms with van der Waals surface area (Å²) < 4.78 is 1.01. The third kappa shape index (κ3) is 4.34. The SMILES string of the molecule is CC(C)CCNc1cc(Cl)cc(Br)c1. The number of rotatable bonds is 4. The largest absolute Gasteiger partial charge is 0.385 e. The average Bonchev–Trinajstić information content (AvgIpc) is 2.01. The van der Waals surface area contributed by atoms with Gasteiger partial charge in [0, 0.05) is 21.7 Å². The molecule has 0 fully saturated rings. The van der Waals surface area contributed by atoms with E-state index in [1.54, 1.807) is 0 Å². The summed E-state index contributed by atoms with van der Waals surface area (Å²) in [6, 6.07) is 5.86. The van der Waals surface area contributed by atoms with Gasteiger partial charge in [0.1, 0.15) is 0 Å². The maximum Gasteiger partial charge on any atom is 0.0437 e. The Morgan fingerprint density at radius 3 is 2.64 bits per heavy atom. The lowest BCUT2D eigenvalue weighted by atomic mass is 10.1. The molecular weight excluding hydrogens is 261 g/mol. The first-order valence-electron chi connectivity index (χ1n) is 4.78. The highest BCUT2D eigenvalue weighted by Gasteiger charge is 1.98. The van der Waals surface area contributed by atoms with Crippen molar-refractivity contribution in [3.63, 3.8) is 0 Å². The third-order valence-corrected chi connectivity index (χ3v) is 2.59. The van der Waals surface area contributed by atoms with E-state index in [0.717, 1.165) is 27.6 Å². The van der Waals surface area contributed by atoms with Crippen molar-refractivity contribution in [2.75, 3.05) is 11.9 Å². The number of halogens is 2. The number of hydrogen-bond acceptors (Lipinski definition) is 1. The monoisotopic (exact) mass is 275 g/mol. The van der Waals surface area contributed by atoms with Gasteiger partial charge in [-0.05, 0) is 30.5 Å². The van der Waals surface area contributed by atoms with Crippen LogP contribution in [0.5, 0.6) is 0 Å². The van der Waals surface area contributed by atoms with E-state index in [-0.39, 0.29) is 0 Å². The molecular formula is C11H15BrClN. The molecule has 1 aromatic rings. The van der Waals surface area contributed by atoms with Crippen molar-refractivity contribution in [2.45, 2.75) is 20.3 Å². The number of benzene rings is 1. The molecule has 0 heterocycles. The number of hydrogen-bond donors (Lipinski definition) is 1. The van der Waals surface area contributed by atoms with Gasteiger partial charge in [0.15, 0.2) is 0 Å². The summed E-state index contributed by atoms with van der Waals surface area (Å²) in [5, 5.41) is 4.10. The van der Waals surface area contributed by atoms with Crippen molar-refractivity contribution < 1.29 is 0 Å². The van der Waals surface area contributed by atoms with Gasteiger partial charge in [-0.15, -0.1) is 0 Å². The van der Waals surface area contributed by atoms with Crippen molar-refractivity contribution in [1.82, 2.24) is 0 Å². The predicted octanol–water partition coefficient (Wildman–Crippen LogP) is 4.56. The van der Waals surface area contributed by atoms with E-state index in [9.17, 15) is 0 Å². The second-order valence-corrected chi connectivity index (χ2v) is 5.12. The minimum atomic E-state index is 0.727. The summed E-state index contributed by atoms with van der Waals surface area (Å²) in [7, 11) is 0. The molecule has 3 heteroatoms. The summed E-state index contributed by atoms with van der Waals surface area (Å²) in [6.07, 6.45) is 1.17. The molecule has 0 atom stereocenters. The summed E-state index contributed by atoms with van der Waals surface area (Å²) in [4.78, 5) is 0. The highest BCUT2D eigenvalue weighted by molar-refractivity contribution is 9.10. The van der Waals surface area contributed by atoms with Crippen LogP contribution in [0.2, 0.25) is 5.02 Å². The highest BCUT2D eigenvalue weighted by Crippen LogP contribution is 2.22. The molecule has 0 spiro atoms. The van der Waals surface area contributed by atoms with Crippen molar-refractivity contribution in [1.29, 1.82) is 0 Å². The zero-order valence-corrected chi connectivity index (χ0v) is 10.8. The minimum Gasteiger partial charge on any atom is -0.385 e. The van der Waals surface area contributed by atoms with Gasteiger partial charge in [0.05, 0.1) is 0 Å². The van der Waals surface area contributed by atoms with E-state index in [4.69, 9.17) is 11.6 Å². The number of nitrogens with one attached hydrogen (secondary N) is 1. The zero-order valence-electron chi connectivity index (χ0n) is 8.48. The first-order chi connectivity index (χ1) is 6.58. The molecule has 1 nitrogen and oxygen atoms in total. The lowest BCUT2D eigenvalue weighted by Crippen LogP contribution is -2.04. The van der Waals surface area contributed by atoms with Crippen molar-refractivity contribution in [3.05, 3.63) is 27.7 Å². The Kier molecular flexibility index (Phi) is 4.76. The van der Waals surface area contributed by atoms with Crippen molar-refractivity contribution in [3.8, 4) is 0 Å². The Balaban J connectivity index is 2.50. The van der Waals surface area contributed by atoms with E-state index in [2.05, 4.69) is 35.1 Å². The first-order valence-corrected chi connectivity index (χ1v) is 5.95. The highest BCUT2D eigenvalue weighted by atomic mass is 79.9. The van der Waals surface area contributed by atoms with Crippen LogP contribution in [-0.2, 0) is 0 Å². The smallest absolute Gasteiger partial charge is 0.0437 e. The normalized spacial score (nSPS) is 10.6. The van der Waals surface area contributed by atoms with Crippen LogP contribution in [0, 0.1) is 5.92 Å². The number of anilines is 1. The van der Waals surface area contributed by atoms with Gasteiger partial charge in [-0.1, -0.05) is 41.4 Å². The molecule has 1 rings (SSSR count). The molecule has 0 aliphatic heterocycles. The summed E-state index contributed by atoms with van der Waals surface area (Å²) >= 11 is 9.33. The lowest BCUT2D eigenvalue weighted by molar-refractivity contribution is 0.607. The second kappa shape index (κ2) is 5.62. The van der Waals surface area contributed by atoms with E-state index in [1.807, 2.05) is 18.2 Å². The van der Waals surface area contributed by atoms with Gasteiger partial charge in [-0.25, -0.2) is 0 Å².